The molecule has 4 N–H and O–H groups in total. The number of piperidine rings is 1. The number of ether oxygens (including phenoxy) is 1. The normalized spacial score (nSPS) is 17.3. The fraction of sp³-hybridized carbons (Fsp3) is 0.433. The van der Waals surface area contributed by atoms with Crippen LogP contribution >= 0.6 is 11.3 Å². The molecule has 1 spiro atoms. The van der Waals surface area contributed by atoms with Crippen LogP contribution in [-0.4, -0.2) is 93.5 Å². The molecule has 6 heterocycles. The minimum atomic E-state index is -2.27. The minimum absolute atomic E-state index is 0.0950. The first-order valence-electron chi connectivity index (χ1n) is 14.4. The zero-order valence-corrected chi connectivity index (χ0v) is 25.7. The number of imidazole rings is 1. The van der Waals surface area contributed by atoms with Crippen LogP contribution < -0.4 is 0 Å². The van der Waals surface area contributed by atoms with Gasteiger partial charge in [-0.15, -0.1) is 11.3 Å². The van der Waals surface area contributed by atoms with Gasteiger partial charge in [0.05, 0.1) is 18.8 Å². The smallest absolute Gasteiger partial charge is 0.335 e. The van der Waals surface area contributed by atoms with Crippen molar-refractivity contribution < 1.29 is 39.1 Å². The lowest BCUT2D eigenvalue weighted by Crippen LogP contribution is -2.45. The van der Waals surface area contributed by atoms with Gasteiger partial charge in [-0.2, -0.15) is 9.49 Å². The largest absolute Gasteiger partial charge is 0.479 e. The number of aliphatic carboxylic acids is 2. The predicted octanol–water partition coefficient (Wildman–Crippen LogP) is 2.27. The first kappa shape index (κ1) is 32.4. The summed E-state index contributed by atoms with van der Waals surface area (Å²) in [5, 5.41) is 37.2. The average Bonchev–Trinajstić information content (AvgIpc) is 3.72. The third-order valence-corrected chi connectivity index (χ3v) is 9.31. The molecule has 0 aliphatic carbocycles. The Kier molecular flexibility index (Phi) is 9.74. The van der Waals surface area contributed by atoms with E-state index in [4.69, 9.17) is 30.3 Å². The molecule has 4 aromatic heterocycles. The van der Waals surface area contributed by atoms with E-state index in [9.17, 15) is 14.0 Å². The van der Waals surface area contributed by atoms with Crippen molar-refractivity contribution in [2.75, 3.05) is 19.7 Å². The van der Waals surface area contributed by atoms with E-state index < -0.39 is 24.1 Å². The number of carboxylic acid groups (broad SMARTS) is 2. The number of carbonyl (C=O) groups is 2. The van der Waals surface area contributed by atoms with Gasteiger partial charge in [0, 0.05) is 60.4 Å². The highest BCUT2D eigenvalue weighted by Crippen LogP contribution is 2.45. The molecule has 0 saturated carbocycles. The molecule has 4 aromatic rings. The number of nitrogens with zero attached hydrogens (tertiary/aromatic N) is 6. The molecule has 0 unspecified atom stereocenters. The molecule has 1 saturated heterocycles. The average molecular weight is 643 g/mol. The Labute approximate surface area is 262 Å². The molecule has 1 fully saturated rings. The van der Waals surface area contributed by atoms with E-state index in [1.54, 1.807) is 6.07 Å². The number of rotatable bonds is 8. The van der Waals surface area contributed by atoms with Crippen molar-refractivity contribution in [3.63, 3.8) is 0 Å². The second kappa shape index (κ2) is 13.5. The number of fused-ring (bicyclic) bond motifs is 2. The number of aliphatic hydroxyl groups is 2. The molecular formula is C30H35FN6O7S. The van der Waals surface area contributed by atoms with Crippen molar-refractivity contribution in [3.8, 4) is 5.82 Å². The van der Waals surface area contributed by atoms with Gasteiger partial charge in [-0.25, -0.2) is 24.2 Å². The maximum Gasteiger partial charge on any atom is 0.335 e. The number of halogens is 1. The van der Waals surface area contributed by atoms with Gasteiger partial charge in [0.1, 0.15) is 11.4 Å². The van der Waals surface area contributed by atoms with E-state index >= 15 is 0 Å². The van der Waals surface area contributed by atoms with Gasteiger partial charge in [0.15, 0.2) is 23.2 Å². The topological polar surface area (TPSA) is 176 Å². The number of aromatic nitrogens is 5. The molecule has 2 atom stereocenters. The molecule has 15 heteroatoms. The van der Waals surface area contributed by atoms with E-state index in [0.29, 0.717) is 13.2 Å². The Balaban J connectivity index is 0.000000348. The molecule has 13 nitrogen and oxygen atoms in total. The lowest BCUT2D eigenvalue weighted by atomic mass is 9.85. The summed E-state index contributed by atoms with van der Waals surface area (Å²) in [5.74, 6) is -1.72. The molecule has 0 aromatic carbocycles. The Morgan fingerprint density at radius 1 is 1.07 bits per heavy atom. The van der Waals surface area contributed by atoms with Gasteiger partial charge < -0.3 is 29.7 Å². The van der Waals surface area contributed by atoms with Crippen LogP contribution in [0, 0.1) is 19.0 Å². The predicted molar refractivity (Wildman–Crippen MR) is 160 cm³/mol. The van der Waals surface area contributed by atoms with Crippen molar-refractivity contribution in [3.05, 3.63) is 81.2 Å². The molecular weight excluding hydrogens is 607 g/mol. The van der Waals surface area contributed by atoms with Crippen molar-refractivity contribution in [2.24, 2.45) is 0 Å². The van der Waals surface area contributed by atoms with Gasteiger partial charge >= 0.3 is 11.9 Å². The summed E-state index contributed by atoms with van der Waals surface area (Å²) in [6.07, 6.45) is 5.79. The van der Waals surface area contributed by atoms with Crippen molar-refractivity contribution in [1.29, 1.82) is 0 Å². The number of hydrogen-bond acceptors (Lipinski definition) is 10. The van der Waals surface area contributed by atoms with E-state index in [2.05, 4.69) is 38.6 Å². The van der Waals surface area contributed by atoms with Gasteiger partial charge in [-0.3, -0.25) is 4.90 Å². The lowest BCUT2D eigenvalue weighted by molar-refractivity contribution is -0.165. The number of thiophene rings is 1. The first-order chi connectivity index (χ1) is 21.5. The Morgan fingerprint density at radius 3 is 2.42 bits per heavy atom. The number of aliphatic hydroxyl groups excluding tert-OH is 2. The SMILES string of the molecule is Cc1nn(-c2ncccc2Cn2ccnc2C)cc1CN1CCC2(CC1)OCCc1cc(F)sc12.O=C(O)[C@H](O)[C@@H](O)C(=O)O. The van der Waals surface area contributed by atoms with Crippen LogP contribution in [0.4, 0.5) is 4.39 Å². The van der Waals surface area contributed by atoms with Crippen LogP contribution in [0.1, 0.15) is 45.9 Å². The number of likely N-dealkylation sites (tertiary alicyclic amines) is 1. The van der Waals surface area contributed by atoms with E-state index in [1.807, 2.05) is 36.3 Å². The zero-order chi connectivity index (χ0) is 32.3. The molecule has 2 aliphatic rings. The highest BCUT2D eigenvalue weighted by molar-refractivity contribution is 7.10. The molecule has 0 bridgehead atoms. The van der Waals surface area contributed by atoms with Crippen LogP contribution in [0.2, 0.25) is 0 Å². The minimum Gasteiger partial charge on any atom is -0.479 e. The van der Waals surface area contributed by atoms with Crippen molar-refractivity contribution >= 4 is 23.3 Å². The quantitative estimate of drug-likeness (QED) is 0.222. The fourth-order valence-electron chi connectivity index (χ4n) is 5.62. The standard InChI is InChI=1S/C26H29FN6OS.C4H6O6/c1-18-22(15-31-10-6-26(7-11-31)24-20(5-13-34-26)14-23(27)35-24)17-33(30-18)25-21(4-3-8-29-25)16-32-12-9-28-19(32)2;5-1(3(7)8)2(6)4(9)10/h3-4,8-9,12,14,17H,5-7,10-11,13,15-16H2,1-2H3;1-2,5-6H,(H,7,8)(H,9,10)/t;1-,2-/m.1/s1. The molecule has 0 radical (unpaired) electrons. The molecule has 240 valence electrons. The van der Waals surface area contributed by atoms with E-state index in [1.165, 1.54) is 16.9 Å². The summed E-state index contributed by atoms with van der Waals surface area (Å²) in [6.45, 7) is 8.10. The summed E-state index contributed by atoms with van der Waals surface area (Å²) in [6, 6.07) is 5.76. The monoisotopic (exact) mass is 642 g/mol. The second-order valence-electron chi connectivity index (χ2n) is 11.1. The second-order valence-corrected chi connectivity index (χ2v) is 12.1. The first-order valence-corrected chi connectivity index (χ1v) is 15.2. The Hall–Kier alpha value is -4.02. The molecule has 0 amide bonds. The zero-order valence-electron chi connectivity index (χ0n) is 24.8. The number of pyridine rings is 1. The van der Waals surface area contributed by atoms with Crippen LogP contribution in [0.15, 0.2) is 43.0 Å². The number of hydrogen-bond donors (Lipinski definition) is 4. The molecule has 2 aliphatic heterocycles. The van der Waals surface area contributed by atoms with Crippen LogP contribution in [0.25, 0.3) is 5.82 Å². The summed E-state index contributed by atoms with van der Waals surface area (Å²) >= 11 is 1.27. The van der Waals surface area contributed by atoms with Crippen LogP contribution in [0.5, 0.6) is 0 Å². The molecule has 6 rings (SSSR count). The summed E-state index contributed by atoms with van der Waals surface area (Å²) in [5.41, 5.74) is 4.13. The number of aryl methyl sites for hydroxylation is 2. The highest BCUT2D eigenvalue weighted by Gasteiger charge is 2.42. The number of carboxylic acids is 2. The van der Waals surface area contributed by atoms with E-state index in [-0.39, 0.29) is 10.7 Å². The summed E-state index contributed by atoms with van der Waals surface area (Å²) in [4.78, 5) is 32.1. The van der Waals surface area contributed by atoms with Gasteiger partial charge in [-0.05, 0) is 50.8 Å². The lowest BCUT2D eigenvalue weighted by Gasteiger charge is -2.43. The molecule has 45 heavy (non-hydrogen) atoms. The van der Waals surface area contributed by atoms with Crippen molar-refractivity contribution in [2.45, 2.75) is 64.0 Å². The third-order valence-electron chi connectivity index (χ3n) is 8.15. The Bertz CT molecular complexity index is 1640. The highest BCUT2D eigenvalue weighted by atomic mass is 32.1. The summed E-state index contributed by atoms with van der Waals surface area (Å²) < 4.78 is 24.3. The Morgan fingerprint density at radius 2 is 1.78 bits per heavy atom. The van der Waals surface area contributed by atoms with Gasteiger partial charge in [0.2, 0.25) is 0 Å². The summed E-state index contributed by atoms with van der Waals surface area (Å²) in [7, 11) is 0. The third kappa shape index (κ3) is 7.12. The maximum absolute atomic E-state index is 14.0. The fourth-order valence-corrected chi connectivity index (χ4v) is 6.75. The van der Waals surface area contributed by atoms with E-state index in [0.717, 1.165) is 72.2 Å². The van der Waals surface area contributed by atoms with Crippen LogP contribution in [-0.2, 0) is 39.4 Å². The van der Waals surface area contributed by atoms with Gasteiger partial charge in [0.25, 0.3) is 0 Å². The van der Waals surface area contributed by atoms with Crippen LogP contribution in [0.3, 0.4) is 0 Å². The van der Waals surface area contributed by atoms with Gasteiger partial charge in [-0.1, -0.05) is 6.07 Å². The maximum atomic E-state index is 14.0. The van der Waals surface area contributed by atoms with Crippen molar-refractivity contribution in [1.82, 2.24) is 29.2 Å².